The summed E-state index contributed by atoms with van der Waals surface area (Å²) >= 11 is 8.64. The first-order chi connectivity index (χ1) is 22.9. The van der Waals surface area contributed by atoms with Gasteiger partial charge < -0.3 is 25.0 Å². The van der Waals surface area contributed by atoms with Crippen LogP contribution in [0.3, 0.4) is 0 Å². The number of hydrogen-bond acceptors (Lipinski definition) is 8. The number of nitrogens with zero attached hydrogens (tertiary/aromatic N) is 1. The summed E-state index contributed by atoms with van der Waals surface area (Å²) in [5.74, 6) is -1.17. The minimum absolute atomic E-state index is 0.174. The molecule has 0 aliphatic carbocycles. The van der Waals surface area contributed by atoms with Crippen molar-refractivity contribution in [2.24, 2.45) is 0 Å². The van der Waals surface area contributed by atoms with Crippen molar-refractivity contribution in [2.75, 3.05) is 23.8 Å². The van der Waals surface area contributed by atoms with Crippen LogP contribution in [0, 0.1) is 0 Å². The zero-order chi connectivity index (χ0) is 34.4. The van der Waals surface area contributed by atoms with Crippen molar-refractivity contribution in [1.82, 2.24) is 4.90 Å². The summed E-state index contributed by atoms with van der Waals surface area (Å²) in [6.07, 6.45) is -0.0176. The smallest absolute Gasteiger partial charge is 0.410 e. The third-order valence-electron chi connectivity index (χ3n) is 7.20. The van der Waals surface area contributed by atoms with E-state index < -0.39 is 22.9 Å². The first-order valence-corrected chi connectivity index (χ1v) is 17.5. The molecule has 3 amide bonds. The Balaban J connectivity index is 1.40. The highest BCUT2D eigenvalue weighted by Gasteiger charge is 2.34. The van der Waals surface area contributed by atoms with E-state index >= 15 is 0 Å². The molecule has 1 aromatic heterocycles. The van der Waals surface area contributed by atoms with E-state index in [1.54, 1.807) is 54.3 Å². The van der Waals surface area contributed by atoms with Crippen LogP contribution in [-0.4, -0.2) is 47.5 Å². The molecule has 3 aromatic carbocycles. The molecule has 12 heteroatoms. The number of nitrogens with one attached hydrogen (secondary N) is 2. The Morgan fingerprint density at radius 3 is 2.44 bits per heavy atom. The number of rotatable bonds is 9. The molecule has 250 valence electrons. The number of benzene rings is 3. The summed E-state index contributed by atoms with van der Waals surface area (Å²) in [6, 6.07) is 23.2. The molecule has 1 aliphatic heterocycles. The number of carbonyl (C=O) groups is 4. The lowest BCUT2D eigenvalue weighted by molar-refractivity contribution is -0.115. The number of amides is 3. The zero-order valence-corrected chi connectivity index (χ0v) is 29.4. The van der Waals surface area contributed by atoms with Gasteiger partial charge in [0.15, 0.2) is 0 Å². The van der Waals surface area contributed by atoms with Crippen molar-refractivity contribution < 1.29 is 28.7 Å². The third-order valence-corrected chi connectivity index (χ3v) is 9.81. The summed E-state index contributed by atoms with van der Waals surface area (Å²) in [4.78, 5) is 56.2. The number of carbonyl (C=O) groups excluding carboxylic acids is 4. The Labute approximate surface area is 293 Å². The van der Waals surface area contributed by atoms with E-state index in [0.717, 1.165) is 20.9 Å². The van der Waals surface area contributed by atoms with Crippen LogP contribution in [0.4, 0.5) is 15.5 Å². The van der Waals surface area contributed by atoms with Crippen LogP contribution in [0.25, 0.3) is 0 Å². The van der Waals surface area contributed by atoms with Crippen molar-refractivity contribution in [3.8, 4) is 0 Å². The van der Waals surface area contributed by atoms with E-state index in [2.05, 4.69) is 10.6 Å². The Morgan fingerprint density at radius 1 is 0.979 bits per heavy atom. The van der Waals surface area contributed by atoms with Gasteiger partial charge >= 0.3 is 12.1 Å². The summed E-state index contributed by atoms with van der Waals surface area (Å²) in [7, 11) is 0. The fourth-order valence-electron chi connectivity index (χ4n) is 5.09. The predicted octanol–water partition coefficient (Wildman–Crippen LogP) is 8.60. The Hall–Kier alpha value is -4.32. The number of ether oxygens (including phenoxy) is 2. The lowest BCUT2D eigenvalue weighted by atomic mass is 10.0. The lowest BCUT2D eigenvalue weighted by Crippen LogP contribution is -2.39. The Kier molecular flexibility index (Phi) is 11.1. The molecule has 0 saturated heterocycles. The normalized spacial score (nSPS) is 13.2. The highest BCUT2D eigenvalue weighted by atomic mass is 35.5. The van der Waals surface area contributed by atoms with E-state index in [0.29, 0.717) is 39.8 Å². The van der Waals surface area contributed by atoms with Crippen LogP contribution < -0.4 is 10.6 Å². The quantitative estimate of drug-likeness (QED) is 0.132. The molecule has 1 aliphatic rings. The number of fused-ring (bicyclic) bond motifs is 1. The van der Waals surface area contributed by atoms with Crippen molar-refractivity contribution in [2.45, 2.75) is 56.4 Å². The van der Waals surface area contributed by atoms with E-state index in [9.17, 15) is 19.2 Å². The molecule has 9 nitrogen and oxygen atoms in total. The molecule has 0 saturated carbocycles. The highest BCUT2D eigenvalue weighted by molar-refractivity contribution is 8.00. The Bertz CT molecular complexity index is 1820. The van der Waals surface area contributed by atoms with Crippen molar-refractivity contribution >= 4 is 69.3 Å². The molecule has 0 radical (unpaired) electrons. The largest absolute Gasteiger partial charge is 0.462 e. The van der Waals surface area contributed by atoms with Crippen LogP contribution in [-0.2, 0) is 27.2 Å². The van der Waals surface area contributed by atoms with E-state index in [1.807, 2.05) is 57.2 Å². The SMILES string of the molecule is CCOC(=O)c1c(NC(=O)C(Sc2cccc(NC(=O)c3cccc(Cl)c3)c2)c2ccccc2)sc2c1CCN(C(=O)OC(C)(C)C)C2. The van der Waals surface area contributed by atoms with Crippen LogP contribution in [0.5, 0.6) is 0 Å². The van der Waals surface area contributed by atoms with Gasteiger partial charge in [-0.15, -0.1) is 23.1 Å². The number of anilines is 2. The fraction of sp³-hybridized carbons (Fsp3) is 0.278. The number of halogens is 1. The maximum atomic E-state index is 14.1. The third kappa shape index (κ3) is 8.77. The molecule has 2 N–H and O–H groups in total. The summed E-state index contributed by atoms with van der Waals surface area (Å²) in [5.41, 5.74) is 2.17. The van der Waals surface area contributed by atoms with E-state index in [1.165, 1.54) is 23.1 Å². The molecular weight excluding hydrogens is 670 g/mol. The number of thiophene rings is 1. The molecule has 48 heavy (non-hydrogen) atoms. The van der Waals surface area contributed by atoms with Crippen LogP contribution >= 0.6 is 34.7 Å². The van der Waals surface area contributed by atoms with Gasteiger partial charge in [-0.1, -0.05) is 54.1 Å². The van der Waals surface area contributed by atoms with Crippen molar-refractivity contribution in [1.29, 1.82) is 0 Å². The molecule has 2 heterocycles. The van der Waals surface area contributed by atoms with Gasteiger partial charge in [0.25, 0.3) is 5.91 Å². The summed E-state index contributed by atoms with van der Waals surface area (Å²) in [5, 5.41) is 6.04. The second-order valence-electron chi connectivity index (χ2n) is 12.0. The highest BCUT2D eigenvalue weighted by Crippen LogP contribution is 2.41. The lowest BCUT2D eigenvalue weighted by Gasteiger charge is -2.30. The van der Waals surface area contributed by atoms with Crippen LogP contribution in [0.2, 0.25) is 5.02 Å². The second-order valence-corrected chi connectivity index (χ2v) is 14.7. The molecule has 1 atom stereocenters. The summed E-state index contributed by atoms with van der Waals surface area (Å²) < 4.78 is 11.0. The molecule has 0 fully saturated rings. The molecule has 4 aromatic rings. The molecule has 0 spiro atoms. The topological polar surface area (TPSA) is 114 Å². The number of esters is 1. The van der Waals surface area contributed by atoms with Crippen LogP contribution in [0.1, 0.15) is 69.7 Å². The monoisotopic (exact) mass is 705 g/mol. The van der Waals surface area contributed by atoms with Gasteiger partial charge in [0.05, 0.1) is 18.7 Å². The average molecular weight is 706 g/mol. The average Bonchev–Trinajstić information content (AvgIpc) is 3.40. The molecule has 1 unspecified atom stereocenters. The number of hydrogen-bond donors (Lipinski definition) is 2. The molecular formula is C36H36ClN3O6S2. The predicted molar refractivity (Wildman–Crippen MR) is 190 cm³/mol. The van der Waals surface area contributed by atoms with Gasteiger partial charge in [0, 0.05) is 32.6 Å². The first-order valence-electron chi connectivity index (χ1n) is 15.4. The fourth-order valence-corrected chi connectivity index (χ4v) is 7.62. The van der Waals surface area contributed by atoms with Gasteiger partial charge in [0.1, 0.15) is 15.9 Å². The standard InChI is InChI=1S/C36H36ClN3O6S2/c1-5-45-34(43)29-27-17-18-40(35(44)46-36(2,3)4)21-28(27)48-33(29)39-32(42)30(22-11-7-6-8-12-22)47-26-16-10-15-25(20-26)38-31(41)23-13-9-14-24(37)19-23/h6-16,19-20,30H,5,17-18,21H2,1-4H3,(H,38,41)(H,39,42). The molecule has 0 bridgehead atoms. The minimum atomic E-state index is -0.711. The van der Waals surface area contributed by atoms with Gasteiger partial charge in [0.2, 0.25) is 5.91 Å². The van der Waals surface area contributed by atoms with Crippen molar-refractivity contribution in [3.05, 3.63) is 111 Å². The zero-order valence-electron chi connectivity index (χ0n) is 27.0. The van der Waals surface area contributed by atoms with Gasteiger partial charge in [-0.3, -0.25) is 9.59 Å². The first kappa shape index (κ1) is 35.0. The van der Waals surface area contributed by atoms with Crippen molar-refractivity contribution in [3.63, 3.8) is 0 Å². The van der Waals surface area contributed by atoms with Gasteiger partial charge in [-0.2, -0.15) is 0 Å². The molecule has 5 rings (SSSR count). The second kappa shape index (κ2) is 15.3. The van der Waals surface area contributed by atoms with E-state index in [-0.39, 0.29) is 25.0 Å². The minimum Gasteiger partial charge on any atom is -0.462 e. The maximum absolute atomic E-state index is 14.1. The Morgan fingerprint density at radius 2 is 1.73 bits per heavy atom. The van der Waals surface area contributed by atoms with E-state index in [4.69, 9.17) is 21.1 Å². The number of thioether (sulfide) groups is 1. The van der Waals surface area contributed by atoms with Gasteiger partial charge in [-0.25, -0.2) is 9.59 Å². The van der Waals surface area contributed by atoms with Crippen LogP contribution in [0.15, 0.2) is 83.8 Å². The summed E-state index contributed by atoms with van der Waals surface area (Å²) in [6.45, 7) is 7.96. The van der Waals surface area contributed by atoms with Gasteiger partial charge in [-0.05, 0) is 81.6 Å². The maximum Gasteiger partial charge on any atom is 0.410 e.